The number of hydrogen-bond donors (Lipinski definition) is 1. The van der Waals surface area contributed by atoms with Gasteiger partial charge in [0.2, 0.25) is 0 Å². The summed E-state index contributed by atoms with van der Waals surface area (Å²) in [5, 5.41) is 11.4. The lowest BCUT2D eigenvalue weighted by Crippen LogP contribution is -2.29. The normalized spacial score (nSPS) is 16.6. The highest BCUT2D eigenvalue weighted by Crippen LogP contribution is 2.41. The van der Waals surface area contributed by atoms with E-state index in [1.807, 2.05) is 61.5 Å². The van der Waals surface area contributed by atoms with Gasteiger partial charge in [-0.05, 0) is 60.4 Å². The number of benzene rings is 3. The number of nitrogens with zero attached hydrogens (tertiary/aromatic N) is 1. The molecule has 6 nitrogen and oxygen atoms in total. The van der Waals surface area contributed by atoms with Crippen molar-refractivity contribution in [2.24, 2.45) is 0 Å². The Morgan fingerprint density at radius 2 is 1.55 bits per heavy atom. The number of amides is 1. The number of aliphatic hydroxyl groups is 1. The van der Waals surface area contributed by atoms with Crippen LogP contribution in [0.1, 0.15) is 62.3 Å². The first-order chi connectivity index (χ1) is 18.5. The van der Waals surface area contributed by atoms with E-state index in [0.29, 0.717) is 35.8 Å². The summed E-state index contributed by atoms with van der Waals surface area (Å²) in [6, 6.07) is 23.1. The van der Waals surface area contributed by atoms with Gasteiger partial charge in [0.1, 0.15) is 17.3 Å². The average Bonchev–Trinajstić information content (AvgIpc) is 3.20. The molecular weight excluding hydrogens is 478 g/mol. The zero-order valence-electron chi connectivity index (χ0n) is 22.1. The van der Waals surface area contributed by atoms with Crippen molar-refractivity contribution < 1.29 is 24.2 Å². The minimum Gasteiger partial charge on any atom is -0.507 e. The molecule has 0 aliphatic carbocycles. The third kappa shape index (κ3) is 6.25. The lowest BCUT2D eigenvalue weighted by Gasteiger charge is -2.26. The SMILES string of the molecule is CCCCCOc1cccc(C2C(=C(O)c3ccc(OCCC)cc3)C(=O)C(=O)N2Cc2ccccc2)c1. The van der Waals surface area contributed by atoms with E-state index in [4.69, 9.17) is 9.47 Å². The smallest absolute Gasteiger partial charge is 0.295 e. The summed E-state index contributed by atoms with van der Waals surface area (Å²) in [5.74, 6) is -0.208. The second-order valence-electron chi connectivity index (χ2n) is 9.41. The van der Waals surface area contributed by atoms with Gasteiger partial charge in [-0.2, -0.15) is 0 Å². The van der Waals surface area contributed by atoms with Crippen molar-refractivity contribution in [3.8, 4) is 11.5 Å². The molecule has 6 heteroatoms. The molecule has 1 amide bonds. The van der Waals surface area contributed by atoms with Crippen LogP contribution in [0.5, 0.6) is 11.5 Å². The quantitative estimate of drug-likeness (QED) is 0.127. The summed E-state index contributed by atoms with van der Waals surface area (Å²) < 4.78 is 11.6. The largest absolute Gasteiger partial charge is 0.507 e. The molecule has 1 aliphatic rings. The van der Waals surface area contributed by atoms with Gasteiger partial charge >= 0.3 is 0 Å². The van der Waals surface area contributed by atoms with Gasteiger partial charge in [0.25, 0.3) is 11.7 Å². The van der Waals surface area contributed by atoms with Crippen LogP contribution < -0.4 is 9.47 Å². The maximum absolute atomic E-state index is 13.4. The lowest BCUT2D eigenvalue weighted by atomic mass is 9.95. The van der Waals surface area contributed by atoms with Crippen molar-refractivity contribution in [1.82, 2.24) is 4.90 Å². The van der Waals surface area contributed by atoms with E-state index in [9.17, 15) is 14.7 Å². The Hall–Kier alpha value is -4.06. The number of ketones is 1. The number of hydrogen-bond acceptors (Lipinski definition) is 5. The Bertz CT molecular complexity index is 1270. The average molecular weight is 514 g/mol. The summed E-state index contributed by atoms with van der Waals surface area (Å²) in [6.07, 6.45) is 4.02. The van der Waals surface area contributed by atoms with Crippen molar-refractivity contribution in [3.63, 3.8) is 0 Å². The minimum absolute atomic E-state index is 0.0660. The van der Waals surface area contributed by atoms with Crippen LogP contribution in [0.25, 0.3) is 5.76 Å². The van der Waals surface area contributed by atoms with Gasteiger partial charge in [-0.3, -0.25) is 9.59 Å². The van der Waals surface area contributed by atoms with Crippen LogP contribution in [0.2, 0.25) is 0 Å². The van der Waals surface area contributed by atoms with Gasteiger partial charge < -0.3 is 19.5 Å². The van der Waals surface area contributed by atoms with Crippen LogP contribution in [0.3, 0.4) is 0 Å². The van der Waals surface area contributed by atoms with Gasteiger partial charge in [-0.1, -0.05) is 69.2 Å². The molecular formula is C32H35NO5. The molecule has 0 aromatic heterocycles. The molecule has 1 aliphatic heterocycles. The van der Waals surface area contributed by atoms with Crippen LogP contribution in [0.4, 0.5) is 0 Å². The fourth-order valence-corrected chi connectivity index (χ4v) is 4.57. The number of rotatable bonds is 12. The number of Topliss-reactive ketones (excluding diaryl/α,β-unsaturated/α-hetero) is 1. The highest BCUT2D eigenvalue weighted by atomic mass is 16.5. The van der Waals surface area contributed by atoms with E-state index >= 15 is 0 Å². The molecule has 4 rings (SSSR count). The maximum atomic E-state index is 13.4. The molecule has 38 heavy (non-hydrogen) atoms. The zero-order valence-corrected chi connectivity index (χ0v) is 22.1. The van der Waals surface area contributed by atoms with Gasteiger partial charge in [-0.25, -0.2) is 0 Å². The van der Waals surface area contributed by atoms with Gasteiger partial charge in [0.05, 0.1) is 24.8 Å². The molecule has 1 unspecified atom stereocenters. The van der Waals surface area contributed by atoms with Crippen LogP contribution >= 0.6 is 0 Å². The van der Waals surface area contributed by atoms with E-state index in [2.05, 4.69) is 6.92 Å². The predicted molar refractivity (Wildman–Crippen MR) is 148 cm³/mol. The van der Waals surface area contributed by atoms with Crippen molar-refractivity contribution in [2.75, 3.05) is 13.2 Å². The molecule has 0 bridgehead atoms. The van der Waals surface area contributed by atoms with Crippen LogP contribution in [0, 0.1) is 0 Å². The number of carbonyl (C=O) groups is 2. The van der Waals surface area contributed by atoms with Crippen LogP contribution in [0.15, 0.2) is 84.4 Å². The van der Waals surface area contributed by atoms with Gasteiger partial charge in [0.15, 0.2) is 0 Å². The molecule has 1 fully saturated rings. The molecule has 3 aromatic carbocycles. The molecule has 0 radical (unpaired) electrons. The molecule has 1 N–H and O–H groups in total. The number of carbonyl (C=O) groups excluding carboxylic acids is 2. The zero-order chi connectivity index (χ0) is 26.9. The van der Waals surface area contributed by atoms with E-state index in [0.717, 1.165) is 31.2 Å². The van der Waals surface area contributed by atoms with E-state index in [1.54, 1.807) is 24.3 Å². The fourth-order valence-electron chi connectivity index (χ4n) is 4.57. The molecule has 1 atom stereocenters. The monoisotopic (exact) mass is 513 g/mol. The Morgan fingerprint density at radius 1 is 0.816 bits per heavy atom. The molecule has 1 heterocycles. The summed E-state index contributed by atoms with van der Waals surface area (Å²) in [4.78, 5) is 28.2. The third-order valence-electron chi connectivity index (χ3n) is 6.53. The highest BCUT2D eigenvalue weighted by molar-refractivity contribution is 6.46. The number of likely N-dealkylation sites (tertiary alicyclic amines) is 1. The summed E-state index contributed by atoms with van der Waals surface area (Å²) >= 11 is 0. The van der Waals surface area contributed by atoms with Gasteiger partial charge in [0, 0.05) is 12.1 Å². The Labute approximate surface area is 224 Å². The second-order valence-corrected chi connectivity index (χ2v) is 9.41. The summed E-state index contributed by atoms with van der Waals surface area (Å²) in [5.41, 5.74) is 2.11. The van der Waals surface area contributed by atoms with Crippen LogP contribution in [-0.2, 0) is 16.1 Å². The van der Waals surface area contributed by atoms with Crippen molar-refractivity contribution >= 4 is 17.4 Å². The van der Waals surface area contributed by atoms with E-state index in [-0.39, 0.29) is 17.9 Å². The van der Waals surface area contributed by atoms with Crippen molar-refractivity contribution in [1.29, 1.82) is 0 Å². The Kier molecular flexibility index (Phi) is 9.20. The standard InChI is InChI=1S/C32H35NO5/c1-3-5-9-20-38-27-14-10-13-25(21-27)29-28(30(34)24-15-17-26(18-16-24)37-19-4-2)31(35)32(36)33(29)22-23-11-7-6-8-12-23/h6-8,10-18,21,29,34H,3-5,9,19-20,22H2,1-2H3. The minimum atomic E-state index is -0.759. The maximum Gasteiger partial charge on any atom is 0.295 e. The van der Waals surface area contributed by atoms with E-state index in [1.165, 1.54) is 4.90 Å². The second kappa shape index (κ2) is 13.0. The predicted octanol–water partition coefficient (Wildman–Crippen LogP) is 6.67. The molecule has 0 spiro atoms. The first kappa shape index (κ1) is 27.0. The first-order valence-electron chi connectivity index (χ1n) is 13.3. The highest BCUT2D eigenvalue weighted by Gasteiger charge is 2.46. The van der Waals surface area contributed by atoms with E-state index < -0.39 is 17.7 Å². The first-order valence-corrected chi connectivity index (χ1v) is 13.3. The number of unbranched alkanes of at least 4 members (excludes halogenated alkanes) is 2. The Balaban J connectivity index is 1.73. The molecule has 1 saturated heterocycles. The molecule has 3 aromatic rings. The topological polar surface area (TPSA) is 76.1 Å². The summed E-state index contributed by atoms with van der Waals surface area (Å²) in [7, 11) is 0. The number of aliphatic hydroxyl groups excluding tert-OH is 1. The Morgan fingerprint density at radius 3 is 2.26 bits per heavy atom. The molecule has 0 saturated carbocycles. The van der Waals surface area contributed by atoms with Crippen molar-refractivity contribution in [3.05, 3.63) is 101 Å². The summed E-state index contributed by atoms with van der Waals surface area (Å²) in [6.45, 7) is 5.58. The van der Waals surface area contributed by atoms with Gasteiger partial charge in [-0.15, -0.1) is 0 Å². The third-order valence-corrected chi connectivity index (χ3v) is 6.53. The molecule has 198 valence electrons. The van der Waals surface area contributed by atoms with Crippen LogP contribution in [-0.4, -0.2) is 34.9 Å². The van der Waals surface area contributed by atoms with Crippen molar-refractivity contribution in [2.45, 2.75) is 52.1 Å². The lowest BCUT2D eigenvalue weighted by molar-refractivity contribution is -0.140. The fraction of sp³-hybridized carbons (Fsp3) is 0.312. The number of ether oxygens (including phenoxy) is 2.